The molecule has 15 N–H and O–H groups in total. The van der Waals surface area contributed by atoms with E-state index in [1.807, 2.05) is 0 Å². The number of carbonyl (C=O) groups is 5. The van der Waals surface area contributed by atoms with Crippen LogP contribution in [-0.2, 0) is 42.9 Å². The van der Waals surface area contributed by atoms with E-state index in [0.29, 0.717) is 12.2 Å². The van der Waals surface area contributed by atoms with Crippen LogP contribution in [-0.4, -0.2) is 192 Å². The molecule has 358 valence electrons. The zero-order valence-corrected chi connectivity index (χ0v) is 34.1. The van der Waals surface area contributed by atoms with Gasteiger partial charge in [-0.15, -0.1) is 0 Å². The maximum atomic E-state index is 14.3. The number of hydrogen-bond acceptors (Lipinski definition) is 24. The molecule has 2 fully saturated rings. The Kier molecular flexibility index (Phi) is 14.6. The molecule has 67 heavy (non-hydrogen) atoms. The molecule has 24 nitrogen and oxygen atoms in total. The van der Waals surface area contributed by atoms with Gasteiger partial charge < -0.3 is 95.5 Å². The largest absolute Gasteiger partial charge is 0.508 e. The molecule has 2 aliphatic carbocycles. The van der Waals surface area contributed by atoms with E-state index in [2.05, 4.69) is 0 Å². The number of allylic oxidation sites excluding steroid dienone is 4. The number of phenols is 2. The van der Waals surface area contributed by atoms with Gasteiger partial charge in [-0.05, 0) is 53.6 Å². The number of Topliss-reactive ketones (excluding diaryl/α,β-unsaturated/α-hetero) is 3. The van der Waals surface area contributed by atoms with Crippen molar-refractivity contribution in [2.24, 2.45) is 0 Å². The van der Waals surface area contributed by atoms with Gasteiger partial charge in [0.05, 0.1) is 24.4 Å². The van der Waals surface area contributed by atoms with Gasteiger partial charge in [0.2, 0.25) is 17.3 Å². The molecule has 6 rings (SSSR count). The molecule has 0 aromatic heterocycles. The van der Waals surface area contributed by atoms with Crippen molar-refractivity contribution >= 4 is 41.1 Å². The van der Waals surface area contributed by atoms with E-state index in [9.17, 15) is 101 Å². The molecule has 0 amide bonds. The summed E-state index contributed by atoms with van der Waals surface area (Å²) < 4.78 is 20.8. The zero-order chi connectivity index (χ0) is 49.4. The van der Waals surface area contributed by atoms with E-state index in [1.165, 1.54) is 48.5 Å². The molecular weight excluding hydrogens is 900 g/mol. The number of aromatic hydroxyl groups is 2. The van der Waals surface area contributed by atoms with Crippen molar-refractivity contribution in [3.05, 3.63) is 117 Å². The first-order valence-corrected chi connectivity index (χ1v) is 19.6. The maximum Gasteiger partial charge on any atom is 0.300 e. The summed E-state index contributed by atoms with van der Waals surface area (Å²) >= 11 is 0. The summed E-state index contributed by atoms with van der Waals surface area (Å²) in [6.07, 6.45) is -18.7. The first-order valence-electron chi connectivity index (χ1n) is 19.6. The van der Waals surface area contributed by atoms with Crippen LogP contribution in [0.5, 0.6) is 11.5 Å². The third-order valence-electron chi connectivity index (χ3n) is 10.9. The number of rotatable bonds is 13. The van der Waals surface area contributed by atoms with Crippen LogP contribution in [0.4, 0.5) is 0 Å². The fourth-order valence-electron chi connectivity index (χ4n) is 7.05. The number of hydrogen-bond donors (Lipinski definition) is 15. The molecule has 0 radical (unpaired) electrons. The van der Waals surface area contributed by atoms with Crippen LogP contribution < -0.4 is 0 Å². The number of ketones is 5. The quantitative estimate of drug-likeness (QED) is 0.0395. The topological polar surface area (TPSA) is 426 Å². The highest BCUT2D eigenvalue weighted by Crippen LogP contribution is 2.41. The molecule has 24 heteroatoms. The lowest BCUT2D eigenvalue weighted by molar-refractivity contribution is -0.347. The fraction of sp³-hybridized carbons (Fsp3) is 0.326. The van der Waals surface area contributed by atoms with Crippen molar-refractivity contribution in [3.63, 3.8) is 0 Å². The maximum absolute atomic E-state index is 14.3. The summed E-state index contributed by atoms with van der Waals surface area (Å²) in [5, 5.41) is 160. The average molecular weight is 943 g/mol. The van der Waals surface area contributed by atoms with Crippen LogP contribution in [0, 0.1) is 0 Å². The van der Waals surface area contributed by atoms with Crippen molar-refractivity contribution in [1.82, 2.24) is 0 Å². The molecule has 2 aromatic rings. The summed E-state index contributed by atoms with van der Waals surface area (Å²) in [7, 11) is 0. The minimum atomic E-state index is -4.16. The number of ether oxygens (including phenoxy) is 4. The Morgan fingerprint density at radius 2 is 0.940 bits per heavy atom. The second kappa shape index (κ2) is 19.5. The van der Waals surface area contributed by atoms with Crippen molar-refractivity contribution in [1.29, 1.82) is 0 Å². The second-order valence-corrected chi connectivity index (χ2v) is 15.3. The Morgan fingerprint density at radius 3 is 1.36 bits per heavy atom. The first-order chi connectivity index (χ1) is 31.5. The molecular formula is C43H42O24. The standard InChI is InChI=1S/C43H42O24/c44-14-24-30(52)32(54)34(56)40(64-24)66-42(62)36(58)20(28(50)26(38(42)60)22(48)11-5-16-1-7-18(46)8-2-16)13-21-29(51)27(23(49)12-6-17-3-9-19(47)10-4-17)39(61)43(63,37(21)59)67-41-35(57)33(55)31(53)25(15-45)65-41/h1-13,24-25,30-35,40-41,44-47,50-58,62-63H,14-15H2/b11-5+,12-6+,21-13-/t24-,25-,30-,31-,32+,33+,34-,35-,40+,41+,42+,43+/m1/s1. The zero-order valence-electron chi connectivity index (χ0n) is 34.1. The van der Waals surface area contributed by atoms with Crippen LogP contribution in [0.25, 0.3) is 12.2 Å². The number of benzene rings is 2. The lowest BCUT2D eigenvalue weighted by Crippen LogP contribution is -2.64. The third kappa shape index (κ3) is 9.35. The van der Waals surface area contributed by atoms with E-state index in [0.717, 1.165) is 12.2 Å². The molecule has 0 saturated carbocycles. The van der Waals surface area contributed by atoms with Crippen LogP contribution in [0.2, 0.25) is 0 Å². The summed E-state index contributed by atoms with van der Waals surface area (Å²) in [6.45, 7) is -2.19. The smallest absolute Gasteiger partial charge is 0.300 e. The molecule has 0 bridgehead atoms. The lowest BCUT2D eigenvalue weighted by Gasteiger charge is -2.43. The Labute approximate surface area is 375 Å². The van der Waals surface area contributed by atoms with Gasteiger partial charge in [-0.1, -0.05) is 36.4 Å². The molecule has 12 atom stereocenters. The predicted molar refractivity (Wildman–Crippen MR) is 216 cm³/mol. The minimum absolute atomic E-state index is 0.0956. The monoisotopic (exact) mass is 942 g/mol. The van der Waals surface area contributed by atoms with E-state index in [4.69, 9.17) is 18.9 Å². The highest BCUT2D eigenvalue weighted by atomic mass is 16.8. The Morgan fingerprint density at radius 1 is 0.552 bits per heavy atom. The molecule has 0 spiro atoms. The molecule has 2 saturated heterocycles. The van der Waals surface area contributed by atoms with Crippen LogP contribution in [0.3, 0.4) is 0 Å². The van der Waals surface area contributed by atoms with Crippen molar-refractivity contribution in [3.8, 4) is 11.5 Å². The van der Waals surface area contributed by atoms with E-state index < -0.39 is 155 Å². The molecule has 2 heterocycles. The van der Waals surface area contributed by atoms with E-state index >= 15 is 0 Å². The molecule has 2 aliphatic heterocycles. The summed E-state index contributed by atoms with van der Waals surface area (Å²) in [5.74, 6) is -23.3. The second-order valence-electron chi connectivity index (χ2n) is 15.3. The van der Waals surface area contributed by atoms with Gasteiger partial charge in [0, 0.05) is 0 Å². The molecule has 2 aromatic carbocycles. The van der Waals surface area contributed by atoms with Crippen molar-refractivity contribution in [2.75, 3.05) is 13.2 Å². The summed E-state index contributed by atoms with van der Waals surface area (Å²) in [6, 6.07) is 9.91. The van der Waals surface area contributed by atoms with Crippen LogP contribution in [0.15, 0.2) is 106 Å². The van der Waals surface area contributed by atoms with Gasteiger partial charge in [0.25, 0.3) is 11.6 Å². The van der Waals surface area contributed by atoms with Gasteiger partial charge in [0.15, 0.2) is 29.9 Å². The van der Waals surface area contributed by atoms with E-state index in [1.54, 1.807) is 0 Å². The predicted octanol–water partition coefficient (Wildman–Crippen LogP) is -3.93. The van der Waals surface area contributed by atoms with Crippen LogP contribution in [0.1, 0.15) is 11.1 Å². The number of phenolic OH excluding ortho intramolecular Hbond substituents is 2. The van der Waals surface area contributed by atoms with Crippen molar-refractivity contribution in [2.45, 2.75) is 73.0 Å². The van der Waals surface area contributed by atoms with Gasteiger partial charge in [-0.25, -0.2) is 0 Å². The first kappa shape index (κ1) is 50.1. The van der Waals surface area contributed by atoms with Crippen molar-refractivity contribution < 1.29 is 120 Å². The SMILES string of the molecule is O=C(/C=C/c1ccc(O)cc1)C1=C(O)C(/C=C2\C(=O)[C@](O)(O[C@@H]3O[C@H](CO)[C@@H](O)[C@H](O)[C@H]3O)C(=O)C(C(=O)/C=C/c3ccc(O)cc3)=C2O)=C(O)[C@](O)(O[C@@H]2O[C@H](CO)[C@@H](O)[C@H](O)[C@H]2O)C1=O. The molecule has 0 unspecified atom stereocenters. The van der Waals surface area contributed by atoms with Gasteiger partial charge in [-0.2, -0.15) is 0 Å². The highest BCUT2D eigenvalue weighted by molar-refractivity contribution is 6.37. The number of aliphatic hydroxyl groups is 13. The normalized spacial score (nSPS) is 33.7. The Bertz CT molecular complexity index is 2500. The Hall–Kier alpha value is -6.33. The van der Waals surface area contributed by atoms with Gasteiger partial charge in [0.1, 0.15) is 83.0 Å². The lowest BCUT2D eigenvalue weighted by atomic mass is 9.80. The van der Waals surface area contributed by atoms with Crippen LogP contribution >= 0.6 is 0 Å². The summed E-state index contributed by atoms with van der Waals surface area (Å²) in [5.41, 5.74) is -5.71. The van der Waals surface area contributed by atoms with Gasteiger partial charge >= 0.3 is 0 Å². The summed E-state index contributed by atoms with van der Waals surface area (Å²) in [4.78, 5) is 70.0. The number of carbonyl (C=O) groups excluding carboxylic acids is 5. The highest BCUT2D eigenvalue weighted by Gasteiger charge is 2.60. The fourth-order valence-corrected chi connectivity index (χ4v) is 7.05. The average Bonchev–Trinajstić information content (AvgIpc) is 3.30. The van der Waals surface area contributed by atoms with Gasteiger partial charge in [-0.3, -0.25) is 24.0 Å². The van der Waals surface area contributed by atoms with E-state index in [-0.39, 0.29) is 28.7 Å². The minimum Gasteiger partial charge on any atom is -0.508 e. The Balaban J connectivity index is 1.56. The molecule has 4 aliphatic rings. The number of aliphatic hydroxyl groups excluding tert-OH is 11. The third-order valence-corrected chi connectivity index (χ3v) is 10.9.